The molecule has 0 atom stereocenters. The normalized spacial score (nSPS) is 11.6. The molecule has 0 radical (unpaired) electrons. The molecule has 0 bridgehead atoms. The summed E-state index contributed by atoms with van der Waals surface area (Å²) in [6.07, 6.45) is -0.889. The molecule has 12 heavy (non-hydrogen) atoms. The topological polar surface area (TPSA) is 20.2 Å². The number of halogens is 3. The van der Waals surface area contributed by atoms with Gasteiger partial charge in [0.1, 0.15) is 5.75 Å². The molecule has 0 amide bonds. The highest BCUT2D eigenvalue weighted by Gasteiger charge is 2.22. The lowest BCUT2D eigenvalue weighted by molar-refractivity contribution is 0.466. The zero-order valence-corrected chi connectivity index (χ0v) is 6.17. The Morgan fingerprint density at radius 3 is 2.00 bits per heavy atom. The zero-order chi connectivity index (χ0) is 9.19. The highest BCUT2D eigenvalue weighted by atomic mass is 19.4. The molecule has 0 aliphatic rings. The van der Waals surface area contributed by atoms with Crippen molar-refractivity contribution in [1.82, 2.24) is 0 Å². The van der Waals surface area contributed by atoms with E-state index in [2.05, 4.69) is 0 Å². The van der Waals surface area contributed by atoms with E-state index in [-0.39, 0.29) is 11.3 Å². The van der Waals surface area contributed by atoms with Crippen LogP contribution in [0.5, 0.6) is 5.75 Å². The van der Waals surface area contributed by atoms with E-state index in [1.54, 1.807) is 0 Å². The van der Waals surface area contributed by atoms with Gasteiger partial charge < -0.3 is 18.1 Å². The van der Waals surface area contributed by atoms with Crippen LogP contribution in [0.4, 0.5) is 12.9 Å². The van der Waals surface area contributed by atoms with Gasteiger partial charge in [0.2, 0.25) is 0 Å². The number of rotatable bonds is 2. The van der Waals surface area contributed by atoms with Crippen molar-refractivity contribution in [3.05, 3.63) is 29.8 Å². The quantitative estimate of drug-likeness (QED) is 0.683. The highest BCUT2D eigenvalue weighted by Crippen LogP contribution is 2.17. The summed E-state index contributed by atoms with van der Waals surface area (Å²) in [7, 11) is 0. The van der Waals surface area contributed by atoms with Gasteiger partial charge in [-0.25, -0.2) is 0 Å². The largest absolute Gasteiger partial charge is 0.508 e. The number of benzene rings is 1. The van der Waals surface area contributed by atoms with Gasteiger partial charge in [-0.2, -0.15) is 0 Å². The van der Waals surface area contributed by atoms with Crippen LogP contribution in [-0.4, -0.2) is 12.1 Å². The Morgan fingerprint density at radius 1 is 1.08 bits per heavy atom. The van der Waals surface area contributed by atoms with E-state index >= 15 is 0 Å². The lowest BCUT2D eigenvalue weighted by atomic mass is 9.82. The fourth-order valence-electron chi connectivity index (χ4n) is 0.899. The predicted octanol–water partition coefficient (Wildman–Crippen LogP) is 2.32. The average molecular weight is 175 g/mol. The van der Waals surface area contributed by atoms with Crippen LogP contribution in [0.15, 0.2) is 24.3 Å². The fourth-order valence-corrected chi connectivity index (χ4v) is 0.899. The molecule has 1 aromatic carbocycles. The molecule has 1 aromatic rings. The van der Waals surface area contributed by atoms with Gasteiger partial charge in [0.05, 0.1) is 0 Å². The number of aromatic hydroxyl groups is 1. The van der Waals surface area contributed by atoms with Gasteiger partial charge in [0, 0.05) is 0 Å². The Labute approximate surface area is 67.9 Å². The van der Waals surface area contributed by atoms with Gasteiger partial charge in [-0.1, -0.05) is 24.0 Å². The van der Waals surface area contributed by atoms with Gasteiger partial charge in [-0.15, -0.1) is 0 Å². The summed E-state index contributed by atoms with van der Waals surface area (Å²) in [4.78, 5) is 0. The summed E-state index contributed by atoms with van der Waals surface area (Å²) < 4.78 is 35.5. The van der Waals surface area contributed by atoms with Crippen molar-refractivity contribution < 1.29 is 18.1 Å². The molecule has 0 aliphatic carbocycles. The highest BCUT2D eigenvalue weighted by molar-refractivity contribution is 6.57. The molecular weight excluding hydrogens is 168 g/mol. The van der Waals surface area contributed by atoms with Crippen molar-refractivity contribution in [2.24, 2.45) is 0 Å². The SMILES string of the molecule is Oc1ccc(C[B-](F)(F)F)cc1. The first-order valence-corrected chi connectivity index (χ1v) is 3.46. The fraction of sp³-hybridized carbons (Fsp3) is 0.143. The molecule has 0 saturated carbocycles. The third-order valence-electron chi connectivity index (χ3n) is 1.40. The van der Waals surface area contributed by atoms with E-state index in [1.807, 2.05) is 0 Å². The van der Waals surface area contributed by atoms with Gasteiger partial charge in [0.25, 0.3) is 0 Å². The van der Waals surface area contributed by atoms with Crippen molar-refractivity contribution in [3.8, 4) is 5.75 Å². The van der Waals surface area contributed by atoms with Crippen LogP contribution < -0.4 is 0 Å². The summed E-state index contributed by atoms with van der Waals surface area (Å²) in [5.74, 6) is -0.0200. The van der Waals surface area contributed by atoms with Crippen molar-refractivity contribution in [1.29, 1.82) is 0 Å². The summed E-state index contributed by atoms with van der Waals surface area (Å²) in [6.45, 7) is -4.77. The predicted molar refractivity (Wildman–Crippen MR) is 40.9 cm³/mol. The van der Waals surface area contributed by atoms with Crippen LogP contribution in [0.1, 0.15) is 5.56 Å². The molecule has 0 saturated heterocycles. The number of hydrogen-bond donors (Lipinski definition) is 1. The molecule has 0 unspecified atom stereocenters. The summed E-state index contributed by atoms with van der Waals surface area (Å²) in [5.41, 5.74) is 0.181. The zero-order valence-electron chi connectivity index (χ0n) is 6.17. The van der Waals surface area contributed by atoms with Gasteiger partial charge in [-0.05, 0) is 12.1 Å². The maximum atomic E-state index is 11.8. The lowest BCUT2D eigenvalue weighted by Crippen LogP contribution is -2.19. The Kier molecular flexibility index (Phi) is 2.31. The average Bonchev–Trinajstić information content (AvgIpc) is 1.91. The molecular formula is C7H7BF3O-. The third-order valence-corrected chi connectivity index (χ3v) is 1.40. The standard InChI is InChI=1S/C7H7BF3O/c9-8(10,11)5-6-1-3-7(12)4-2-6/h1-4,12H,5H2/q-1. The first-order valence-electron chi connectivity index (χ1n) is 3.46. The van der Waals surface area contributed by atoms with E-state index in [1.165, 1.54) is 24.3 Å². The van der Waals surface area contributed by atoms with Crippen molar-refractivity contribution in [2.45, 2.75) is 6.32 Å². The minimum atomic E-state index is -4.77. The van der Waals surface area contributed by atoms with Crippen LogP contribution in [-0.2, 0) is 6.32 Å². The van der Waals surface area contributed by atoms with Crippen molar-refractivity contribution in [2.75, 3.05) is 0 Å². The van der Waals surface area contributed by atoms with Gasteiger partial charge in [0.15, 0.2) is 0 Å². The molecule has 1 rings (SSSR count). The lowest BCUT2D eigenvalue weighted by Gasteiger charge is -2.12. The third kappa shape index (κ3) is 2.86. The summed E-state index contributed by atoms with van der Waals surface area (Å²) in [5, 5.41) is 8.78. The van der Waals surface area contributed by atoms with Crippen LogP contribution >= 0.6 is 0 Å². The van der Waals surface area contributed by atoms with Crippen LogP contribution in [0.25, 0.3) is 0 Å². The summed E-state index contributed by atoms with van der Waals surface area (Å²) in [6, 6.07) is 5.03. The summed E-state index contributed by atoms with van der Waals surface area (Å²) >= 11 is 0. The Hall–Kier alpha value is -1.13. The second-order valence-electron chi connectivity index (χ2n) is 2.58. The molecule has 1 nitrogen and oxygen atoms in total. The van der Waals surface area contributed by atoms with Gasteiger partial charge >= 0.3 is 6.98 Å². The van der Waals surface area contributed by atoms with Crippen LogP contribution in [0.2, 0.25) is 0 Å². The van der Waals surface area contributed by atoms with E-state index in [0.29, 0.717) is 0 Å². The van der Waals surface area contributed by atoms with E-state index < -0.39 is 13.3 Å². The van der Waals surface area contributed by atoms with Crippen LogP contribution in [0, 0.1) is 0 Å². The number of phenolic OH excluding ortho intramolecular Hbond substituents is 1. The molecule has 0 spiro atoms. The maximum Gasteiger partial charge on any atom is 0.482 e. The van der Waals surface area contributed by atoms with E-state index in [0.717, 1.165) is 0 Å². The van der Waals surface area contributed by atoms with Crippen LogP contribution in [0.3, 0.4) is 0 Å². The van der Waals surface area contributed by atoms with Crippen molar-refractivity contribution >= 4 is 6.98 Å². The monoisotopic (exact) mass is 175 g/mol. The maximum absolute atomic E-state index is 11.8. The number of hydrogen-bond acceptors (Lipinski definition) is 1. The molecule has 0 heterocycles. The Morgan fingerprint density at radius 2 is 1.58 bits per heavy atom. The second kappa shape index (κ2) is 3.09. The molecule has 0 aromatic heterocycles. The Bertz CT molecular complexity index is 254. The van der Waals surface area contributed by atoms with E-state index in [9.17, 15) is 12.9 Å². The molecule has 1 N–H and O–H groups in total. The first kappa shape index (κ1) is 8.97. The van der Waals surface area contributed by atoms with E-state index in [4.69, 9.17) is 5.11 Å². The minimum absolute atomic E-state index is 0.0200. The molecule has 0 fully saturated rings. The smallest absolute Gasteiger partial charge is 0.482 e. The van der Waals surface area contributed by atoms with Crippen molar-refractivity contribution in [3.63, 3.8) is 0 Å². The van der Waals surface area contributed by atoms with Gasteiger partial charge in [-0.3, -0.25) is 0 Å². The molecule has 0 aliphatic heterocycles. The second-order valence-corrected chi connectivity index (χ2v) is 2.58. The molecule has 66 valence electrons. The molecule has 5 heteroatoms. The Balaban J connectivity index is 2.71. The first-order chi connectivity index (χ1) is 5.47. The number of phenols is 1. The minimum Gasteiger partial charge on any atom is -0.508 e.